The molecule has 29 heavy (non-hydrogen) atoms. The molecule has 154 valence electrons. The van der Waals surface area contributed by atoms with Gasteiger partial charge in [0.25, 0.3) is 0 Å². The molecule has 2 aromatic rings. The Morgan fingerprint density at radius 3 is 2.86 bits per heavy atom. The van der Waals surface area contributed by atoms with Crippen LogP contribution in [0.5, 0.6) is 5.75 Å². The van der Waals surface area contributed by atoms with Crippen molar-refractivity contribution in [1.82, 2.24) is 10.3 Å². The number of nitrogens with zero attached hydrogens (tertiary/aromatic N) is 2. The highest BCUT2D eigenvalue weighted by molar-refractivity contribution is 5.81. The number of nitrogens with one attached hydrogen (secondary N) is 1. The van der Waals surface area contributed by atoms with Gasteiger partial charge < -0.3 is 21.5 Å². The Morgan fingerprint density at radius 1 is 1.34 bits per heavy atom. The van der Waals surface area contributed by atoms with Gasteiger partial charge in [0.1, 0.15) is 17.6 Å². The molecule has 1 aliphatic heterocycles. The monoisotopic (exact) mass is 393 g/mol. The molecule has 1 saturated heterocycles. The maximum Gasteiger partial charge on any atom is 0.142 e. The zero-order valence-corrected chi connectivity index (χ0v) is 17.4. The number of anilines is 2. The Hall–Kier alpha value is -2.78. The van der Waals surface area contributed by atoms with E-state index < -0.39 is 0 Å². The van der Waals surface area contributed by atoms with Gasteiger partial charge in [-0.25, -0.2) is 4.98 Å². The number of rotatable bonds is 7. The molecule has 5 N–H and O–H groups in total. The van der Waals surface area contributed by atoms with Crippen molar-refractivity contribution in [2.75, 3.05) is 31.2 Å². The van der Waals surface area contributed by atoms with E-state index in [-0.39, 0.29) is 11.7 Å². The molecule has 0 bridgehead atoms. The van der Waals surface area contributed by atoms with E-state index in [4.69, 9.17) is 16.2 Å². The maximum absolute atomic E-state index is 9.65. The Balaban J connectivity index is 1.97. The van der Waals surface area contributed by atoms with Crippen molar-refractivity contribution < 1.29 is 4.74 Å². The van der Waals surface area contributed by atoms with E-state index in [0.717, 1.165) is 49.9 Å². The van der Waals surface area contributed by atoms with Crippen LogP contribution in [0.3, 0.4) is 0 Å². The van der Waals surface area contributed by atoms with Gasteiger partial charge in [0.2, 0.25) is 0 Å². The molecule has 1 fully saturated rings. The van der Waals surface area contributed by atoms with E-state index in [1.54, 1.807) is 0 Å². The van der Waals surface area contributed by atoms with E-state index in [1.807, 2.05) is 24.3 Å². The highest BCUT2D eigenvalue weighted by Gasteiger charge is 2.23. The van der Waals surface area contributed by atoms with Crippen molar-refractivity contribution in [3.8, 4) is 23.1 Å². The largest absolute Gasteiger partial charge is 0.493 e. The quantitative estimate of drug-likeness (QED) is 0.483. The van der Waals surface area contributed by atoms with Gasteiger partial charge in [-0.2, -0.15) is 5.26 Å². The van der Waals surface area contributed by atoms with E-state index in [0.29, 0.717) is 35.2 Å². The topological polar surface area (TPSA) is 110 Å². The number of benzene rings is 1. The van der Waals surface area contributed by atoms with Crippen molar-refractivity contribution in [1.29, 1.82) is 5.26 Å². The number of nitrogen functional groups attached to an aromatic ring is 2. The van der Waals surface area contributed by atoms with E-state index in [1.165, 1.54) is 0 Å². The molecule has 2 heterocycles. The molecule has 6 heteroatoms. The molecular weight excluding hydrogens is 362 g/mol. The van der Waals surface area contributed by atoms with E-state index >= 15 is 0 Å². The predicted molar refractivity (Wildman–Crippen MR) is 118 cm³/mol. The third-order valence-corrected chi connectivity index (χ3v) is 5.42. The molecule has 6 nitrogen and oxygen atoms in total. The molecule has 0 saturated carbocycles. The zero-order valence-electron chi connectivity index (χ0n) is 17.4. The minimum absolute atomic E-state index is 0.239. The van der Waals surface area contributed by atoms with Gasteiger partial charge in [-0.15, -0.1) is 0 Å². The first-order chi connectivity index (χ1) is 14.0. The van der Waals surface area contributed by atoms with Crippen LogP contribution in [0.4, 0.5) is 11.5 Å². The lowest BCUT2D eigenvalue weighted by Crippen LogP contribution is -2.29. The van der Waals surface area contributed by atoms with Crippen molar-refractivity contribution in [2.45, 2.75) is 45.4 Å². The first-order valence-electron chi connectivity index (χ1n) is 10.4. The van der Waals surface area contributed by atoms with Crippen LogP contribution in [-0.4, -0.2) is 24.7 Å². The molecule has 1 aromatic heterocycles. The van der Waals surface area contributed by atoms with Crippen LogP contribution in [0, 0.1) is 17.2 Å². The summed E-state index contributed by atoms with van der Waals surface area (Å²) in [6.07, 6.45) is 4.19. The average Bonchev–Trinajstić information content (AvgIpc) is 2.71. The lowest BCUT2D eigenvalue weighted by Gasteiger charge is -2.25. The van der Waals surface area contributed by atoms with Gasteiger partial charge in [-0.3, -0.25) is 0 Å². The Labute approximate surface area is 173 Å². The zero-order chi connectivity index (χ0) is 20.8. The lowest BCUT2D eigenvalue weighted by molar-refractivity contribution is 0.299. The van der Waals surface area contributed by atoms with Gasteiger partial charge in [0, 0.05) is 12.2 Å². The molecule has 0 radical (unpaired) electrons. The number of hydrogen-bond donors (Lipinski definition) is 3. The Kier molecular flexibility index (Phi) is 6.95. The molecule has 1 aromatic carbocycles. The minimum Gasteiger partial charge on any atom is -0.493 e. The van der Waals surface area contributed by atoms with Crippen LogP contribution in [0.15, 0.2) is 24.3 Å². The highest BCUT2D eigenvalue weighted by Crippen LogP contribution is 2.38. The second-order valence-corrected chi connectivity index (χ2v) is 8.12. The average molecular weight is 394 g/mol. The van der Waals surface area contributed by atoms with Crippen molar-refractivity contribution in [3.05, 3.63) is 35.4 Å². The second kappa shape index (κ2) is 9.62. The standard InChI is InChI=1S/C23H31N5O/c1-15(2)6-5-11-29-21-9-3-8-19(25)22(21)20-12-17(16-7-4-10-27-14-16)18(13-24)23(26)28-20/h3,8-9,12,15-16,27H,4-7,10-11,14,25H2,1-2H3,(H2,26,28). The number of nitriles is 1. The fourth-order valence-corrected chi connectivity index (χ4v) is 3.89. The Morgan fingerprint density at radius 2 is 2.17 bits per heavy atom. The number of hydrogen-bond acceptors (Lipinski definition) is 6. The molecule has 3 rings (SSSR count). The fourth-order valence-electron chi connectivity index (χ4n) is 3.89. The normalized spacial score (nSPS) is 16.6. The summed E-state index contributed by atoms with van der Waals surface area (Å²) in [7, 11) is 0. The van der Waals surface area contributed by atoms with Gasteiger partial charge >= 0.3 is 0 Å². The molecule has 1 unspecified atom stereocenters. The number of ether oxygens (including phenoxy) is 1. The number of aromatic nitrogens is 1. The summed E-state index contributed by atoms with van der Waals surface area (Å²) < 4.78 is 6.07. The van der Waals surface area contributed by atoms with Crippen LogP contribution in [0.1, 0.15) is 56.6 Å². The summed E-state index contributed by atoms with van der Waals surface area (Å²) >= 11 is 0. The number of nitrogens with two attached hydrogens (primary N) is 2. The van der Waals surface area contributed by atoms with Crippen molar-refractivity contribution >= 4 is 11.5 Å². The molecular formula is C23H31N5O. The van der Waals surface area contributed by atoms with Crippen LogP contribution in [0.25, 0.3) is 11.3 Å². The smallest absolute Gasteiger partial charge is 0.142 e. The number of pyridine rings is 1. The maximum atomic E-state index is 9.65. The Bertz CT molecular complexity index is 882. The molecule has 0 aliphatic carbocycles. The summed E-state index contributed by atoms with van der Waals surface area (Å²) in [6.45, 7) is 6.88. The lowest BCUT2D eigenvalue weighted by atomic mass is 9.88. The first-order valence-corrected chi connectivity index (χ1v) is 10.4. The summed E-state index contributed by atoms with van der Waals surface area (Å²) in [4.78, 5) is 4.52. The van der Waals surface area contributed by atoms with Crippen LogP contribution in [0.2, 0.25) is 0 Å². The first kappa shape index (κ1) is 20.9. The predicted octanol–water partition coefficient (Wildman–Crippen LogP) is 4.07. The SMILES string of the molecule is CC(C)CCCOc1cccc(N)c1-c1cc(C2CCCNC2)c(C#N)c(N)n1. The van der Waals surface area contributed by atoms with Crippen LogP contribution >= 0.6 is 0 Å². The third-order valence-electron chi connectivity index (χ3n) is 5.42. The van der Waals surface area contributed by atoms with Gasteiger partial charge in [-0.1, -0.05) is 19.9 Å². The van der Waals surface area contributed by atoms with Crippen molar-refractivity contribution in [3.63, 3.8) is 0 Å². The van der Waals surface area contributed by atoms with Gasteiger partial charge in [0.15, 0.2) is 0 Å². The molecule has 0 spiro atoms. The fraction of sp³-hybridized carbons (Fsp3) is 0.478. The summed E-state index contributed by atoms with van der Waals surface area (Å²) in [6, 6.07) is 9.86. The summed E-state index contributed by atoms with van der Waals surface area (Å²) in [5.74, 6) is 1.84. The van der Waals surface area contributed by atoms with E-state index in [9.17, 15) is 5.26 Å². The van der Waals surface area contributed by atoms with E-state index in [2.05, 4.69) is 30.2 Å². The number of piperidine rings is 1. The van der Waals surface area contributed by atoms with Crippen molar-refractivity contribution in [2.24, 2.45) is 5.92 Å². The summed E-state index contributed by atoms with van der Waals surface area (Å²) in [5.41, 5.74) is 15.9. The van der Waals surface area contributed by atoms with Gasteiger partial charge in [0.05, 0.1) is 23.4 Å². The molecule has 0 amide bonds. The molecule has 1 aliphatic rings. The second-order valence-electron chi connectivity index (χ2n) is 8.12. The van der Waals surface area contributed by atoms with Crippen LogP contribution in [-0.2, 0) is 0 Å². The van der Waals surface area contributed by atoms with Crippen LogP contribution < -0.4 is 21.5 Å². The molecule has 1 atom stereocenters. The highest BCUT2D eigenvalue weighted by atomic mass is 16.5. The minimum atomic E-state index is 0.239. The third kappa shape index (κ3) is 4.99. The summed E-state index contributed by atoms with van der Waals surface area (Å²) in [5, 5.41) is 13.1. The van der Waals surface area contributed by atoms with Gasteiger partial charge in [-0.05, 0) is 67.8 Å².